The number of carbonyl (C=O) groups excluding carboxylic acids is 1. The monoisotopic (exact) mass is 443 g/mol. The highest BCUT2D eigenvalue weighted by molar-refractivity contribution is 5.82. The SMILES string of the molecule is COC[C@]12CC[C@@](C)(O)C[C@H]1CC[C@H]1[C@@H]3CC[C@H](C(=O)Cn4nncc4C)[C@@]3(C)CC[C@@H]12. The number of carbonyl (C=O) groups is 1. The molecule has 0 radical (unpaired) electrons. The minimum atomic E-state index is -0.526. The Balaban J connectivity index is 1.38. The molecule has 178 valence electrons. The smallest absolute Gasteiger partial charge is 0.157 e. The first-order chi connectivity index (χ1) is 15.2. The average molecular weight is 444 g/mol. The van der Waals surface area contributed by atoms with Crippen molar-refractivity contribution in [2.45, 2.75) is 90.7 Å². The van der Waals surface area contributed by atoms with E-state index in [1.165, 1.54) is 25.7 Å². The number of ketones is 1. The first kappa shape index (κ1) is 22.5. The second kappa shape index (κ2) is 7.90. The van der Waals surface area contributed by atoms with Crippen molar-refractivity contribution in [1.29, 1.82) is 0 Å². The van der Waals surface area contributed by atoms with Crippen LogP contribution in [0.2, 0.25) is 0 Å². The predicted molar refractivity (Wildman–Crippen MR) is 122 cm³/mol. The van der Waals surface area contributed by atoms with Crippen LogP contribution < -0.4 is 0 Å². The highest BCUT2D eigenvalue weighted by atomic mass is 16.5. The summed E-state index contributed by atoms with van der Waals surface area (Å²) in [6.45, 7) is 7.59. The molecular weight excluding hydrogens is 402 g/mol. The Morgan fingerprint density at radius 1 is 1.16 bits per heavy atom. The first-order valence-electron chi connectivity index (χ1n) is 12.8. The second-order valence-electron chi connectivity index (χ2n) is 12.2. The molecule has 4 fully saturated rings. The minimum Gasteiger partial charge on any atom is -0.390 e. The van der Waals surface area contributed by atoms with E-state index in [1.807, 2.05) is 21.0 Å². The van der Waals surface area contributed by atoms with E-state index in [1.54, 1.807) is 10.9 Å². The number of aromatic nitrogens is 3. The van der Waals surface area contributed by atoms with Crippen LogP contribution in [0.3, 0.4) is 0 Å². The number of Topliss-reactive ketones (excluding diaryl/α,β-unsaturated/α-hetero) is 1. The molecule has 4 saturated carbocycles. The largest absolute Gasteiger partial charge is 0.390 e. The van der Waals surface area contributed by atoms with E-state index in [-0.39, 0.29) is 16.7 Å². The maximum atomic E-state index is 13.4. The lowest BCUT2D eigenvalue weighted by Crippen LogP contribution is -2.58. The van der Waals surface area contributed by atoms with E-state index in [2.05, 4.69) is 17.2 Å². The Morgan fingerprint density at radius 3 is 2.69 bits per heavy atom. The summed E-state index contributed by atoms with van der Waals surface area (Å²) < 4.78 is 7.63. The van der Waals surface area contributed by atoms with E-state index in [0.717, 1.165) is 44.4 Å². The molecule has 6 heteroatoms. The third kappa shape index (κ3) is 3.39. The Hall–Kier alpha value is -1.27. The van der Waals surface area contributed by atoms with Gasteiger partial charge in [0.05, 0.1) is 24.1 Å². The molecular formula is C26H41N3O3. The molecule has 0 spiro atoms. The summed E-state index contributed by atoms with van der Waals surface area (Å²) in [7, 11) is 1.85. The summed E-state index contributed by atoms with van der Waals surface area (Å²) in [6.07, 6.45) is 11.6. The second-order valence-corrected chi connectivity index (χ2v) is 12.2. The van der Waals surface area contributed by atoms with Crippen molar-refractivity contribution in [3.05, 3.63) is 11.9 Å². The fourth-order valence-corrected chi connectivity index (χ4v) is 9.04. The molecule has 4 aliphatic rings. The Kier molecular flexibility index (Phi) is 5.56. The zero-order chi connectivity index (χ0) is 22.7. The van der Waals surface area contributed by atoms with Gasteiger partial charge in [0, 0.05) is 13.0 Å². The van der Waals surface area contributed by atoms with Crippen LogP contribution >= 0.6 is 0 Å². The van der Waals surface area contributed by atoms with Gasteiger partial charge in [-0.2, -0.15) is 0 Å². The van der Waals surface area contributed by atoms with Crippen LogP contribution in [0.1, 0.15) is 77.3 Å². The average Bonchev–Trinajstić information content (AvgIpc) is 3.30. The molecule has 1 aromatic heterocycles. The van der Waals surface area contributed by atoms with E-state index in [4.69, 9.17) is 4.74 Å². The molecule has 0 aromatic carbocycles. The fraction of sp³-hybridized carbons (Fsp3) is 0.885. The van der Waals surface area contributed by atoms with Crippen molar-refractivity contribution >= 4 is 5.78 Å². The summed E-state index contributed by atoms with van der Waals surface area (Å²) in [4.78, 5) is 13.4. The van der Waals surface area contributed by atoms with E-state index < -0.39 is 5.60 Å². The number of ether oxygens (including phenoxy) is 1. The number of rotatable bonds is 5. The van der Waals surface area contributed by atoms with Gasteiger partial charge >= 0.3 is 0 Å². The maximum Gasteiger partial charge on any atom is 0.157 e. The zero-order valence-electron chi connectivity index (χ0n) is 20.3. The molecule has 0 amide bonds. The lowest BCUT2D eigenvalue weighted by molar-refractivity contribution is -0.175. The number of fused-ring (bicyclic) bond motifs is 5. The summed E-state index contributed by atoms with van der Waals surface area (Å²) >= 11 is 0. The van der Waals surface area contributed by atoms with Gasteiger partial charge in [0.1, 0.15) is 6.54 Å². The Bertz CT molecular complexity index is 866. The summed E-state index contributed by atoms with van der Waals surface area (Å²) in [5.41, 5.74) is 0.743. The normalized spacial score (nSPS) is 45.7. The van der Waals surface area contributed by atoms with Crippen LogP contribution in [-0.2, 0) is 16.1 Å². The molecule has 4 aliphatic carbocycles. The maximum absolute atomic E-state index is 13.4. The molecule has 0 aliphatic heterocycles. The highest BCUT2D eigenvalue weighted by Crippen LogP contribution is 2.68. The topological polar surface area (TPSA) is 77.2 Å². The fourth-order valence-electron chi connectivity index (χ4n) is 9.04. The van der Waals surface area contributed by atoms with Gasteiger partial charge in [-0.25, -0.2) is 4.68 Å². The van der Waals surface area contributed by atoms with Crippen LogP contribution in [0.15, 0.2) is 6.20 Å². The van der Waals surface area contributed by atoms with Crippen LogP contribution in [0.5, 0.6) is 0 Å². The highest BCUT2D eigenvalue weighted by Gasteiger charge is 2.63. The molecule has 1 N–H and O–H groups in total. The van der Waals surface area contributed by atoms with Crippen molar-refractivity contribution in [2.75, 3.05) is 13.7 Å². The molecule has 8 atom stereocenters. The lowest BCUT2D eigenvalue weighted by atomic mass is 9.43. The van der Waals surface area contributed by atoms with Crippen LogP contribution in [0.25, 0.3) is 0 Å². The quantitative estimate of drug-likeness (QED) is 0.738. The molecule has 0 bridgehead atoms. The molecule has 6 nitrogen and oxygen atoms in total. The summed E-state index contributed by atoms with van der Waals surface area (Å²) in [6, 6.07) is 0. The first-order valence-corrected chi connectivity index (χ1v) is 12.8. The number of methoxy groups -OCH3 is 1. The van der Waals surface area contributed by atoms with Gasteiger partial charge in [-0.05, 0) is 106 Å². The van der Waals surface area contributed by atoms with E-state index in [9.17, 15) is 9.90 Å². The van der Waals surface area contributed by atoms with Gasteiger partial charge in [0.15, 0.2) is 5.78 Å². The third-order valence-electron chi connectivity index (χ3n) is 10.6. The van der Waals surface area contributed by atoms with Crippen LogP contribution in [-0.4, -0.2) is 45.2 Å². The van der Waals surface area contributed by atoms with Gasteiger partial charge < -0.3 is 9.84 Å². The molecule has 32 heavy (non-hydrogen) atoms. The molecule has 1 aromatic rings. The third-order valence-corrected chi connectivity index (χ3v) is 10.6. The molecule has 0 unspecified atom stereocenters. The minimum absolute atomic E-state index is 0.105. The number of hydrogen-bond acceptors (Lipinski definition) is 5. The number of nitrogens with zero attached hydrogens (tertiary/aromatic N) is 3. The number of hydrogen-bond donors (Lipinski definition) is 1. The summed E-state index contributed by atoms with van der Waals surface area (Å²) in [5, 5.41) is 18.9. The van der Waals surface area contributed by atoms with Gasteiger partial charge in [-0.3, -0.25) is 4.79 Å². The molecule has 1 heterocycles. The van der Waals surface area contributed by atoms with E-state index >= 15 is 0 Å². The van der Waals surface area contributed by atoms with Crippen molar-refractivity contribution in [1.82, 2.24) is 15.0 Å². The molecule has 5 rings (SSSR count). The Labute approximate surface area is 192 Å². The lowest BCUT2D eigenvalue weighted by Gasteiger charge is -2.62. The standard InChI is InChI=1S/C26H41N3O3/c1-17-14-27-28-29(17)15-23(30)22-8-7-20-19-6-5-18-13-24(2,31)11-12-26(18,16-32-4)21(19)9-10-25(20,22)3/h14,18-22,31H,5-13,15-16H2,1-4H3/t18-,19+,20+,21+,22-,24-,25+,26-/m1/s1. The van der Waals surface area contributed by atoms with Gasteiger partial charge in [-0.15, -0.1) is 5.10 Å². The van der Waals surface area contributed by atoms with Crippen LogP contribution in [0.4, 0.5) is 0 Å². The van der Waals surface area contributed by atoms with Crippen molar-refractivity contribution in [3.8, 4) is 0 Å². The van der Waals surface area contributed by atoms with Crippen molar-refractivity contribution in [3.63, 3.8) is 0 Å². The Morgan fingerprint density at radius 2 is 1.97 bits per heavy atom. The number of aliphatic hydroxyl groups is 1. The zero-order valence-corrected chi connectivity index (χ0v) is 20.3. The van der Waals surface area contributed by atoms with Gasteiger partial charge in [0.2, 0.25) is 0 Å². The van der Waals surface area contributed by atoms with Gasteiger partial charge in [0.25, 0.3) is 0 Å². The van der Waals surface area contributed by atoms with Gasteiger partial charge in [-0.1, -0.05) is 12.1 Å². The number of aryl methyl sites for hydroxylation is 1. The van der Waals surface area contributed by atoms with Crippen LogP contribution in [0, 0.1) is 47.3 Å². The van der Waals surface area contributed by atoms with Crippen molar-refractivity contribution < 1.29 is 14.6 Å². The molecule has 0 saturated heterocycles. The van der Waals surface area contributed by atoms with Crippen molar-refractivity contribution in [2.24, 2.45) is 40.4 Å². The summed E-state index contributed by atoms with van der Waals surface area (Å²) in [5.74, 6) is 3.03. The predicted octanol–water partition coefficient (Wildman–Crippen LogP) is 4.19. The van der Waals surface area contributed by atoms with E-state index in [0.29, 0.717) is 36.0 Å².